The van der Waals surface area contributed by atoms with Crippen LogP contribution in [0.1, 0.15) is 11.3 Å². The summed E-state index contributed by atoms with van der Waals surface area (Å²) in [5.41, 5.74) is 7.83. The van der Waals surface area contributed by atoms with Crippen LogP contribution in [0, 0.1) is 0 Å². The van der Waals surface area contributed by atoms with Crippen LogP contribution in [0.2, 0.25) is 0 Å². The highest BCUT2D eigenvalue weighted by molar-refractivity contribution is 6.61. The molecule has 0 atom stereocenters. The average Bonchev–Trinajstić information content (AvgIpc) is 2.81. The van der Waals surface area contributed by atoms with Crippen molar-refractivity contribution in [2.75, 3.05) is 0 Å². The summed E-state index contributed by atoms with van der Waals surface area (Å²) in [4.78, 5) is 8.19. The predicted octanol–water partition coefficient (Wildman–Crippen LogP) is -0.0547. The van der Waals surface area contributed by atoms with Gasteiger partial charge in [0.15, 0.2) is 0 Å². The van der Waals surface area contributed by atoms with E-state index < -0.39 is 7.12 Å². The monoisotopic (exact) mass is 257 g/mol. The van der Waals surface area contributed by atoms with Crippen LogP contribution in [0.3, 0.4) is 0 Å². The van der Waals surface area contributed by atoms with Gasteiger partial charge in [-0.1, -0.05) is 6.07 Å². The predicted molar refractivity (Wildman–Crippen MR) is 68.8 cm³/mol. The molecule has 2 heterocycles. The number of ether oxygens (including phenoxy) is 1. The zero-order valence-corrected chi connectivity index (χ0v) is 10.1. The number of nitrogens with two attached hydrogens (primary N) is 1. The van der Waals surface area contributed by atoms with Crippen LogP contribution in [0.15, 0.2) is 30.6 Å². The average molecular weight is 257 g/mol. The van der Waals surface area contributed by atoms with Gasteiger partial charge in [0.05, 0.1) is 24.7 Å². The maximum Gasteiger partial charge on any atom is 0.491 e. The van der Waals surface area contributed by atoms with Gasteiger partial charge in [-0.15, -0.1) is 0 Å². The number of hydrogen-bond acceptors (Lipinski definition) is 6. The minimum absolute atomic E-state index is 0.343. The van der Waals surface area contributed by atoms with Crippen LogP contribution < -0.4 is 15.9 Å². The van der Waals surface area contributed by atoms with E-state index in [1.807, 2.05) is 6.07 Å². The molecule has 0 saturated heterocycles. The first-order valence-corrected chi connectivity index (χ1v) is 5.87. The van der Waals surface area contributed by atoms with Crippen molar-refractivity contribution >= 4 is 12.6 Å². The van der Waals surface area contributed by atoms with Gasteiger partial charge in [-0.25, -0.2) is 4.98 Å². The van der Waals surface area contributed by atoms with Gasteiger partial charge in [0.25, 0.3) is 0 Å². The molecule has 0 unspecified atom stereocenters. The summed E-state index contributed by atoms with van der Waals surface area (Å²) in [6.45, 7) is 0.761. The largest absolute Gasteiger partial charge is 0.491 e. The second-order valence-electron chi connectivity index (χ2n) is 4.18. The molecule has 0 spiro atoms. The minimum Gasteiger partial charge on any atom is -0.438 e. The Morgan fingerprint density at radius 1 is 1.37 bits per heavy atom. The zero-order valence-electron chi connectivity index (χ0n) is 10.1. The van der Waals surface area contributed by atoms with Crippen molar-refractivity contribution in [3.05, 3.63) is 41.9 Å². The first kappa shape index (κ1) is 12.1. The van der Waals surface area contributed by atoms with Gasteiger partial charge in [0, 0.05) is 6.54 Å². The first-order valence-electron chi connectivity index (χ1n) is 5.87. The van der Waals surface area contributed by atoms with E-state index in [0.29, 0.717) is 30.5 Å². The summed E-state index contributed by atoms with van der Waals surface area (Å²) in [6, 6.07) is 5.41. The third-order valence-corrected chi connectivity index (χ3v) is 2.89. The molecule has 7 heteroatoms. The number of hydrogen-bond donors (Lipinski definition) is 2. The van der Waals surface area contributed by atoms with E-state index in [4.69, 9.17) is 15.1 Å². The third kappa shape index (κ3) is 2.44. The second kappa shape index (κ2) is 4.97. The lowest BCUT2D eigenvalue weighted by Crippen LogP contribution is -2.27. The lowest BCUT2D eigenvalue weighted by atomic mass is 9.79. The van der Waals surface area contributed by atoms with Gasteiger partial charge in [0.1, 0.15) is 5.75 Å². The molecule has 19 heavy (non-hydrogen) atoms. The fourth-order valence-electron chi connectivity index (χ4n) is 1.88. The van der Waals surface area contributed by atoms with E-state index in [9.17, 15) is 5.02 Å². The Morgan fingerprint density at radius 3 is 3.00 bits per heavy atom. The maximum absolute atomic E-state index is 9.62. The number of rotatable bonds is 3. The van der Waals surface area contributed by atoms with Crippen LogP contribution in [-0.2, 0) is 17.8 Å². The third-order valence-electron chi connectivity index (χ3n) is 2.89. The molecular formula is C12H12BN3O3. The fraction of sp³-hybridized carbons (Fsp3) is 0.167. The molecule has 0 aliphatic carbocycles. The molecule has 0 radical (unpaired) electrons. The van der Waals surface area contributed by atoms with Gasteiger partial charge in [0.2, 0.25) is 5.88 Å². The molecule has 6 nitrogen and oxygen atoms in total. The smallest absolute Gasteiger partial charge is 0.438 e. The highest BCUT2D eigenvalue weighted by Crippen LogP contribution is 2.20. The molecule has 3 N–H and O–H groups in total. The van der Waals surface area contributed by atoms with Crippen LogP contribution in [0.5, 0.6) is 11.6 Å². The molecule has 1 aromatic carbocycles. The maximum atomic E-state index is 9.62. The fourth-order valence-corrected chi connectivity index (χ4v) is 1.88. The van der Waals surface area contributed by atoms with Gasteiger partial charge >= 0.3 is 7.12 Å². The van der Waals surface area contributed by atoms with Crippen molar-refractivity contribution < 1.29 is 14.4 Å². The summed E-state index contributed by atoms with van der Waals surface area (Å²) < 4.78 is 10.7. The lowest BCUT2D eigenvalue weighted by molar-refractivity contribution is 0.275. The lowest BCUT2D eigenvalue weighted by Gasteiger charge is -2.06. The van der Waals surface area contributed by atoms with Crippen molar-refractivity contribution in [3.8, 4) is 11.6 Å². The summed E-state index contributed by atoms with van der Waals surface area (Å²) in [5.74, 6) is 0.962. The summed E-state index contributed by atoms with van der Waals surface area (Å²) in [5, 5.41) is 9.62. The molecule has 2 aromatic rings. The Kier molecular flexibility index (Phi) is 3.16. The molecule has 1 aliphatic rings. The number of aromatic nitrogens is 2. The number of fused-ring (bicyclic) bond motifs is 1. The normalized spacial score (nSPS) is 13.5. The molecule has 0 bridgehead atoms. The second-order valence-corrected chi connectivity index (χ2v) is 4.18. The molecule has 0 saturated carbocycles. The zero-order chi connectivity index (χ0) is 13.2. The van der Waals surface area contributed by atoms with Crippen LogP contribution in [0.4, 0.5) is 0 Å². The van der Waals surface area contributed by atoms with E-state index in [1.165, 1.54) is 6.20 Å². The van der Waals surface area contributed by atoms with Gasteiger partial charge in [-0.3, -0.25) is 4.98 Å². The van der Waals surface area contributed by atoms with Crippen molar-refractivity contribution in [1.29, 1.82) is 0 Å². The molecule has 3 rings (SSSR count). The molecule has 1 aliphatic heterocycles. The van der Waals surface area contributed by atoms with Crippen molar-refractivity contribution in [3.63, 3.8) is 0 Å². The highest BCUT2D eigenvalue weighted by atomic mass is 16.5. The van der Waals surface area contributed by atoms with Crippen LogP contribution in [0.25, 0.3) is 0 Å². The Morgan fingerprint density at radius 2 is 2.26 bits per heavy atom. The molecular weight excluding hydrogens is 245 g/mol. The summed E-state index contributed by atoms with van der Waals surface area (Å²) in [7, 11) is -0.885. The van der Waals surface area contributed by atoms with Crippen LogP contribution >= 0.6 is 0 Å². The van der Waals surface area contributed by atoms with E-state index in [-0.39, 0.29) is 0 Å². The summed E-state index contributed by atoms with van der Waals surface area (Å²) >= 11 is 0. The standard InChI is InChI=1S/C12H12BN3O3/c14-4-9-5-16-12(6-15-9)19-10-2-1-8-7-18-13(17)11(8)3-10/h1-3,5-6,17H,4,7,14H2. The SMILES string of the molecule is NCc1cnc(Oc2ccc3c(c2)B(O)OC3)cn1. The first-order chi connectivity index (χ1) is 9.26. The Labute approximate surface area is 110 Å². The van der Waals surface area contributed by atoms with Crippen LogP contribution in [-0.4, -0.2) is 22.1 Å². The molecule has 96 valence electrons. The Balaban J connectivity index is 1.81. The van der Waals surface area contributed by atoms with Gasteiger partial charge in [-0.2, -0.15) is 0 Å². The van der Waals surface area contributed by atoms with Crippen molar-refractivity contribution in [2.24, 2.45) is 5.73 Å². The van der Waals surface area contributed by atoms with Crippen molar-refractivity contribution in [1.82, 2.24) is 9.97 Å². The minimum atomic E-state index is -0.885. The Hall–Kier alpha value is -1.96. The highest BCUT2D eigenvalue weighted by Gasteiger charge is 2.27. The van der Waals surface area contributed by atoms with Gasteiger partial charge < -0.3 is 20.1 Å². The van der Waals surface area contributed by atoms with E-state index in [2.05, 4.69) is 9.97 Å². The van der Waals surface area contributed by atoms with E-state index >= 15 is 0 Å². The Bertz CT molecular complexity index is 591. The number of nitrogens with zero attached hydrogens (tertiary/aromatic N) is 2. The molecule has 0 fully saturated rings. The van der Waals surface area contributed by atoms with Crippen molar-refractivity contribution in [2.45, 2.75) is 13.2 Å². The van der Waals surface area contributed by atoms with E-state index in [1.54, 1.807) is 18.3 Å². The molecule has 1 aromatic heterocycles. The topological polar surface area (TPSA) is 90.5 Å². The molecule has 0 amide bonds. The quantitative estimate of drug-likeness (QED) is 0.749. The summed E-state index contributed by atoms with van der Waals surface area (Å²) in [6.07, 6.45) is 3.09. The van der Waals surface area contributed by atoms with Gasteiger partial charge in [-0.05, 0) is 23.2 Å². The number of benzene rings is 1. The van der Waals surface area contributed by atoms with E-state index in [0.717, 1.165) is 11.0 Å².